The summed E-state index contributed by atoms with van der Waals surface area (Å²) in [7, 11) is 1.61. The number of anilines is 1. The third-order valence-corrected chi connectivity index (χ3v) is 2.29. The van der Waals surface area contributed by atoms with Gasteiger partial charge in [-0.3, -0.25) is 0 Å². The highest BCUT2D eigenvalue weighted by molar-refractivity contribution is 5.47. The van der Waals surface area contributed by atoms with Crippen LogP contribution >= 0.6 is 0 Å². The van der Waals surface area contributed by atoms with Crippen LogP contribution in [0.15, 0.2) is 24.9 Å². The number of aliphatic hydroxyl groups is 1. The van der Waals surface area contributed by atoms with Crippen molar-refractivity contribution in [2.24, 2.45) is 0 Å². The highest BCUT2D eigenvalue weighted by atomic mass is 19.1. The van der Waals surface area contributed by atoms with Crippen molar-refractivity contribution in [2.45, 2.75) is 6.61 Å². The molecule has 4 nitrogen and oxygen atoms in total. The lowest BCUT2D eigenvalue weighted by Crippen LogP contribution is -2.29. The van der Waals surface area contributed by atoms with Gasteiger partial charge in [0.1, 0.15) is 11.6 Å². The van der Waals surface area contributed by atoms with Crippen LogP contribution in [0, 0.1) is 5.82 Å². The van der Waals surface area contributed by atoms with Crippen LogP contribution in [0.2, 0.25) is 0 Å². The molecule has 0 saturated carbocycles. The summed E-state index contributed by atoms with van der Waals surface area (Å²) in [6, 6.07) is 1.28. The number of aliphatic hydroxyl groups excluding tert-OH is 1. The van der Waals surface area contributed by atoms with Gasteiger partial charge in [-0.05, 0) is 6.07 Å². The Bertz CT molecular complexity index is 372. The molecular weight excluding hydrogens is 223 g/mol. The SMILES string of the molecule is C=CCN(CCOC)c1ncc(F)cc1CO. The van der Waals surface area contributed by atoms with Crippen molar-refractivity contribution < 1.29 is 14.2 Å². The first-order valence-corrected chi connectivity index (χ1v) is 5.33. The number of methoxy groups -OCH3 is 1. The minimum absolute atomic E-state index is 0.249. The Kier molecular flexibility index (Phi) is 5.59. The standard InChI is InChI=1S/C12H17FN2O2/c1-3-4-15(5-6-17-2)12-10(9-16)7-11(13)8-14-12/h3,7-8,16H,1,4-6,9H2,2H3. The van der Waals surface area contributed by atoms with E-state index in [0.717, 1.165) is 6.20 Å². The molecule has 17 heavy (non-hydrogen) atoms. The Balaban J connectivity index is 2.95. The molecule has 0 saturated heterocycles. The fourth-order valence-corrected chi connectivity index (χ4v) is 1.52. The van der Waals surface area contributed by atoms with Gasteiger partial charge < -0.3 is 14.7 Å². The van der Waals surface area contributed by atoms with Crippen molar-refractivity contribution in [1.82, 2.24) is 4.98 Å². The summed E-state index contributed by atoms with van der Waals surface area (Å²) in [5.74, 6) is 0.106. The fourth-order valence-electron chi connectivity index (χ4n) is 1.52. The summed E-state index contributed by atoms with van der Waals surface area (Å²) in [5, 5.41) is 9.19. The molecule has 0 spiro atoms. The Morgan fingerprint density at radius 2 is 2.41 bits per heavy atom. The van der Waals surface area contributed by atoms with Crippen LogP contribution in [-0.2, 0) is 11.3 Å². The van der Waals surface area contributed by atoms with Crippen molar-refractivity contribution in [3.05, 3.63) is 36.3 Å². The van der Waals surface area contributed by atoms with E-state index in [2.05, 4.69) is 11.6 Å². The van der Waals surface area contributed by atoms with Crippen LogP contribution in [0.1, 0.15) is 5.56 Å². The van der Waals surface area contributed by atoms with E-state index >= 15 is 0 Å². The van der Waals surface area contributed by atoms with Crippen LogP contribution in [0.25, 0.3) is 0 Å². The Hall–Kier alpha value is -1.46. The molecule has 0 amide bonds. The third kappa shape index (κ3) is 3.80. The second kappa shape index (κ2) is 6.98. The van der Waals surface area contributed by atoms with Gasteiger partial charge in [-0.25, -0.2) is 9.37 Å². The molecule has 0 bridgehead atoms. The zero-order valence-electron chi connectivity index (χ0n) is 9.90. The second-order valence-electron chi connectivity index (χ2n) is 3.52. The first-order chi connectivity index (χ1) is 8.22. The van der Waals surface area contributed by atoms with E-state index in [0.29, 0.717) is 31.1 Å². The molecule has 1 N–H and O–H groups in total. The molecule has 1 aromatic heterocycles. The summed E-state index contributed by atoms with van der Waals surface area (Å²) in [6.45, 7) is 5.11. The highest BCUT2D eigenvalue weighted by Gasteiger charge is 2.12. The van der Waals surface area contributed by atoms with Gasteiger partial charge in [-0.2, -0.15) is 0 Å². The second-order valence-corrected chi connectivity index (χ2v) is 3.52. The zero-order valence-corrected chi connectivity index (χ0v) is 9.90. The van der Waals surface area contributed by atoms with E-state index in [9.17, 15) is 9.50 Å². The van der Waals surface area contributed by atoms with Crippen LogP contribution in [0.5, 0.6) is 0 Å². The fraction of sp³-hybridized carbons (Fsp3) is 0.417. The summed E-state index contributed by atoms with van der Waals surface area (Å²) in [5.41, 5.74) is 0.461. The molecule has 1 aromatic rings. The van der Waals surface area contributed by atoms with Crippen LogP contribution in [0.4, 0.5) is 10.2 Å². The molecule has 0 radical (unpaired) electrons. The molecule has 0 fully saturated rings. The predicted octanol–water partition coefficient (Wildman–Crippen LogP) is 1.35. The predicted molar refractivity (Wildman–Crippen MR) is 64.4 cm³/mol. The van der Waals surface area contributed by atoms with Crippen molar-refractivity contribution in [3.63, 3.8) is 0 Å². The van der Waals surface area contributed by atoms with Crippen molar-refractivity contribution >= 4 is 5.82 Å². The highest BCUT2D eigenvalue weighted by Crippen LogP contribution is 2.18. The first-order valence-electron chi connectivity index (χ1n) is 5.33. The van der Waals surface area contributed by atoms with Gasteiger partial charge in [-0.1, -0.05) is 6.08 Å². The van der Waals surface area contributed by atoms with Crippen LogP contribution < -0.4 is 4.90 Å². The Morgan fingerprint density at radius 3 is 3.00 bits per heavy atom. The minimum atomic E-state index is -0.455. The summed E-state index contributed by atoms with van der Waals surface area (Å²) in [4.78, 5) is 5.88. The lowest BCUT2D eigenvalue weighted by molar-refractivity contribution is 0.205. The van der Waals surface area contributed by atoms with E-state index < -0.39 is 5.82 Å². The number of aromatic nitrogens is 1. The maximum absolute atomic E-state index is 13.0. The van der Waals surface area contributed by atoms with E-state index in [1.165, 1.54) is 6.07 Å². The van der Waals surface area contributed by atoms with Gasteiger partial charge in [0, 0.05) is 25.8 Å². The van der Waals surface area contributed by atoms with Crippen molar-refractivity contribution in [2.75, 3.05) is 31.7 Å². The summed E-state index contributed by atoms with van der Waals surface area (Å²) >= 11 is 0. The van der Waals surface area contributed by atoms with Gasteiger partial charge in [0.15, 0.2) is 0 Å². The molecule has 1 rings (SSSR count). The first kappa shape index (κ1) is 13.6. The normalized spacial score (nSPS) is 10.3. The van der Waals surface area contributed by atoms with E-state index in [-0.39, 0.29) is 6.61 Å². The molecule has 0 aliphatic rings. The van der Waals surface area contributed by atoms with Crippen molar-refractivity contribution in [1.29, 1.82) is 0 Å². The average molecular weight is 240 g/mol. The van der Waals surface area contributed by atoms with Crippen molar-refractivity contribution in [3.8, 4) is 0 Å². The van der Waals surface area contributed by atoms with Gasteiger partial charge in [-0.15, -0.1) is 6.58 Å². The van der Waals surface area contributed by atoms with Gasteiger partial charge in [0.05, 0.1) is 19.4 Å². The van der Waals surface area contributed by atoms with Gasteiger partial charge in [0.25, 0.3) is 0 Å². The molecule has 0 atom stereocenters. The minimum Gasteiger partial charge on any atom is -0.392 e. The largest absolute Gasteiger partial charge is 0.392 e. The van der Waals surface area contributed by atoms with E-state index in [4.69, 9.17) is 4.74 Å². The molecule has 0 unspecified atom stereocenters. The maximum Gasteiger partial charge on any atom is 0.142 e. The smallest absolute Gasteiger partial charge is 0.142 e. The van der Waals surface area contributed by atoms with E-state index in [1.807, 2.05) is 4.90 Å². The topological polar surface area (TPSA) is 45.6 Å². The zero-order chi connectivity index (χ0) is 12.7. The molecule has 0 aliphatic heterocycles. The third-order valence-electron chi connectivity index (χ3n) is 2.29. The molecule has 5 heteroatoms. The van der Waals surface area contributed by atoms with Crippen LogP contribution in [-0.4, -0.2) is 36.9 Å². The monoisotopic (exact) mass is 240 g/mol. The average Bonchev–Trinajstić information content (AvgIpc) is 2.34. The Morgan fingerprint density at radius 1 is 1.65 bits per heavy atom. The van der Waals surface area contributed by atoms with E-state index in [1.54, 1.807) is 13.2 Å². The lowest BCUT2D eigenvalue weighted by Gasteiger charge is -2.23. The summed E-state index contributed by atoms with van der Waals surface area (Å²) in [6.07, 6.45) is 2.86. The number of ether oxygens (including phenoxy) is 1. The molecular formula is C12H17FN2O2. The number of rotatable bonds is 7. The quantitative estimate of drug-likeness (QED) is 0.731. The number of halogens is 1. The summed E-state index contributed by atoms with van der Waals surface area (Å²) < 4.78 is 18.0. The number of pyridine rings is 1. The van der Waals surface area contributed by atoms with Gasteiger partial charge in [0.2, 0.25) is 0 Å². The molecule has 0 aliphatic carbocycles. The lowest BCUT2D eigenvalue weighted by atomic mass is 10.2. The molecule has 94 valence electrons. The molecule has 0 aromatic carbocycles. The molecule has 1 heterocycles. The number of nitrogens with zero attached hydrogens (tertiary/aromatic N) is 2. The maximum atomic E-state index is 13.0. The Labute approximate surface area is 100 Å². The van der Waals surface area contributed by atoms with Gasteiger partial charge >= 0.3 is 0 Å². The van der Waals surface area contributed by atoms with Crippen LogP contribution in [0.3, 0.4) is 0 Å². The number of hydrogen-bond acceptors (Lipinski definition) is 4. The number of hydrogen-bond donors (Lipinski definition) is 1.